The first kappa shape index (κ1) is 15.1. The van der Waals surface area contributed by atoms with Crippen LogP contribution >= 0.6 is 11.6 Å². The summed E-state index contributed by atoms with van der Waals surface area (Å²) in [6, 6.07) is 12.5. The molecule has 0 saturated carbocycles. The van der Waals surface area contributed by atoms with Crippen molar-refractivity contribution in [3.63, 3.8) is 0 Å². The zero-order valence-electron chi connectivity index (χ0n) is 11.8. The van der Waals surface area contributed by atoms with Crippen molar-refractivity contribution in [3.05, 3.63) is 63.2 Å². The van der Waals surface area contributed by atoms with E-state index in [0.717, 1.165) is 5.56 Å². The molecule has 110 valence electrons. The maximum Gasteiger partial charge on any atom is 0.315 e. The van der Waals surface area contributed by atoms with E-state index >= 15 is 0 Å². The number of anilines is 2. The highest BCUT2D eigenvalue weighted by Gasteiger charge is 2.20. The Balaban J connectivity index is 2.30. The fourth-order valence-electron chi connectivity index (χ4n) is 2.13. The normalized spacial score (nSPS) is 11.8. The van der Waals surface area contributed by atoms with Gasteiger partial charge in [-0.05, 0) is 36.8 Å². The first-order valence-corrected chi connectivity index (χ1v) is 6.88. The van der Waals surface area contributed by atoms with Gasteiger partial charge in [0.25, 0.3) is 0 Å². The molecule has 0 fully saturated rings. The minimum atomic E-state index is -0.386. The summed E-state index contributed by atoms with van der Waals surface area (Å²) < 4.78 is 0. The van der Waals surface area contributed by atoms with Crippen molar-refractivity contribution in [3.8, 4) is 0 Å². The van der Waals surface area contributed by atoms with Crippen molar-refractivity contribution in [2.45, 2.75) is 13.0 Å². The number of para-hydroxylation sites is 1. The highest BCUT2D eigenvalue weighted by molar-refractivity contribution is 6.30. The number of nitrogens with zero attached hydrogens (tertiary/aromatic N) is 1. The average molecular weight is 306 g/mol. The maximum absolute atomic E-state index is 11.3. The van der Waals surface area contributed by atoms with Gasteiger partial charge in [-0.25, -0.2) is 0 Å². The third-order valence-electron chi connectivity index (χ3n) is 3.23. The van der Waals surface area contributed by atoms with E-state index in [0.29, 0.717) is 16.4 Å². The van der Waals surface area contributed by atoms with Gasteiger partial charge in [0, 0.05) is 18.1 Å². The van der Waals surface area contributed by atoms with Crippen LogP contribution in [0.4, 0.5) is 17.1 Å². The van der Waals surface area contributed by atoms with Gasteiger partial charge >= 0.3 is 5.69 Å². The van der Waals surface area contributed by atoms with E-state index < -0.39 is 0 Å². The smallest absolute Gasteiger partial charge is 0.315 e. The van der Waals surface area contributed by atoms with Gasteiger partial charge in [-0.3, -0.25) is 10.1 Å². The molecule has 2 rings (SSSR count). The number of rotatable bonds is 5. The Morgan fingerprint density at radius 3 is 2.33 bits per heavy atom. The maximum atomic E-state index is 11.3. The lowest BCUT2D eigenvalue weighted by atomic mass is 10.1. The molecule has 5 nitrogen and oxygen atoms in total. The highest BCUT2D eigenvalue weighted by Crippen LogP contribution is 2.34. The van der Waals surface area contributed by atoms with Crippen LogP contribution in [-0.2, 0) is 0 Å². The van der Waals surface area contributed by atoms with E-state index in [1.54, 1.807) is 37.4 Å². The largest absolute Gasteiger partial charge is 0.382 e. The van der Waals surface area contributed by atoms with Gasteiger partial charge in [0.2, 0.25) is 0 Å². The molecule has 6 heteroatoms. The molecule has 0 spiro atoms. The predicted octanol–water partition coefficient (Wildman–Crippen LogP) is 4.46. The van der Waals surface area contributed by atoms with E-state index in [1.807, 2.05) is 19.1 Å². The van der Waals surface area contributed by atoms with Crippen molar-refractivity contribution in [2.24, 2.45) is 0 Å². The minimum Gasteiger partial charge on any atom is -0.382 e. The lowest BCUT2D eigenvalue weighted by molar-refractivity contribution is -0.383. The molecule has 21 heavy (non-hydrogen) atoms. The quantitative estimate of drug-likeness (QED) is 0.632. The second-order valence-corrected chi connectivity index (χ2v) is 5.06. The van der Waals surface area contributed by atoms with Crippen molar-refractivity contribution >= 4 is 28.7 Å². The fraction of sp³-hybridized carbons (Fsp3) is 0.200. The van der Waals surface area contributed by atoms with Crippen LogP contribution in [0.1, 0.15) is 18.5 Å². The molecule has 0 aliphatic rings. The Kier molecular flexibility index (Phi) is 4.65. The van der Waals surface area contributed by atoms with Gasteiger partial charge in [0.1, 0.15) is 11.4 Å². The molecule has 2 N–H and O–H groups in total. The van der Waals surface area contributed by atoms with Crippen LogP contribution in [0.5, 0.6) is 0 Å². The Morgan fingerprint density at radius 2 is 1.76 bits per heavy atom. The van der Waals surface area contributed by atoms with E-state index in [-0.39, 0.29) is 16.7 Å². The van der Waals surface area contributed by atoms with E-state index in [2.05, 4.69) is 10.6 Å². The summed E-state index contributed by atoms with van der Waals surface area (Å²) in [7, 11) is 1.66. The fourth-order valence-corrected chi connectivity index (χ4v) is 2.25. The summed E-state index contributed by atoms with van der Waals surface area (Å²) in [6.45, 7) is 1.94. The highest BCUT2D eigenvalue weighted by atomic mass is 35.5. The van der Waals surface area contributed by atoms with Crippen LogP contribution in [0, 0.1) is 10.1 Å². The molecule has 0 aliphatic heterocycles. The zero-order valence-corrected chi connectivity index (χ0v) is 12.5. The Bertz CT molecular complexity index is 644. The van der Waals surface area contributed by atoms with Crippen LogP contribution in [-0.4, -0.2) is 12.0 Å². The Morgan fingerprint density at radius 1 is 1.14 bits per heavy atom. The molecule has 0 aromatic heterocycles. The van der Waals surface area contributed by atoms with Crippen molar-refractivity contribution < 1.29 is 4.92 Å². The van der Waals surface area contributed by atoms with Gasteiger partial charge in [-0.1, -0.05) is 29.8 Å². The third kappa shape index (κ3) is 3.44. The van der Waals surface area contributed by atoms with E-state index in [4.69, 9.17) is 11.6 Å². The number of hydrogen-bond donors (Lipinski definition) is 2. The van der Waals surface area contributed by atoms with Gasteiger partial charge in [0.15, 0.2) is 0 Å². The van der Waals surface area contributed by atoms with E-state index in [9.17, 15) is 10.1 Å². The lowest BCUT2D eigenvalue weighted by Gasteiger charge is -2.17. The van der Waals surface area contributed by atoms with Crippen LogP contribution in [0.2, 0.25) is 5.02 Å². The summed E-state index contributed by atoms with van der Waals surface area (Å²) in [5, 5.41) is 17.9. The van der Waals surface area contributed by atoms with Gasteiger partial charge in [-0.2, -0.15) is 0 Å². The summed E-state index contributed by atoms with van der Waals surface area (Å²) in [5.41, 5.74) is 2.01. The molecular weight excluding hydrogens is 290 g/mol. The molecule has 0 heterocycles. The van der Waals surface area contributed by atoms with E-state index in [1.165, 1.54) is 0 Å². The lowest BCUT2D eigenvalue weighted by Crippen LogP contribution is -2.09. The summed E-state index contributed by atoms with van der Waals surface area (Å²) in [4.78, 5) is 10.9. The molecule has 1 atom stereocenters. The molecule has 0 bridgehead atoms. The third-order valence-corrected chi connectivity index (χ3v) is 3.48. The predicted molar refractivity (Wildman–Crippen MR) is 86.1 cm³/mol. The first-order valence-electron chi connectivity index (χ1n) is 6.50. The number of halogens is 1. The molecule has 0 saturated heterocycles. The van der Waals surface area contributed by atoms with Crippen molar-refractivity contribution in [2.75, 3.05) is 17.7 Å². The van der Waals surface area contributed by atoms with Gasteiger partial charge < -0.3 is 10.6 Å². The van der Waals surface area contributed by atoms with Crippen LogP contribution in [0.15, 0.2) is 42.5 Å². The number of nitro benzene ring substituents is 1. The number of benzene rings is 2. The van der Waals surface area contributed by atoms with Gasteiger partial charge in [-0.15, -0.1) is 0 Å². The second-order valence-electron chi connectivity index (χ2n) is 4.63. The van der Waals surface area contributed by atoms with Crippen LogP contribution < -0.4 is 10.6 Å². The zero-order chi connectivity index (χ0) is 15.4. The SMILES string of the molecule is CNc1cccc(NC(C)c2ccc(Cl)cc2)c1[N+](=O)[O-]. The van der Waals surface area contributed by atoms with Gasteiger partial charge in [0.05, 0.1) is 4.92 Å². The molecule has 2 aromatic rings. The van der Waals surface area contributed by atoms with Crippen LogP contribution in [0.25, 0.3) is 0 Å². The summed E-state index contributed by atoms with van der Waals surface area (Å²) in [5.74, 6) is 0. The molecule has 2 aromatic carbocycles. The number of hydrogen-bond acceptors (Lipinski definition) is 4. The Hall–Kier alpha value is -2.27. The van der Waals surface area contributed by atoms with Crippen LogP contribution in [0.3, 0.4) is 0 Å². The van der Waals surface area contributed by atoms with Crippen molar-refractivity contribution in [1.82, 2.24) is 0 Å². The molecule has 1 unspecified atom stereocenters. The average Bonchev–Trinajstić information content (AvgIpc) is 2.47. The minimum absolute atomic E-state index is 0.0424. The van der Waals surface area contributed by atoms with Crippen molar-refractivity contribution in [1.29, 1.82) is 0 Å². The molecule has 0 amide bonds. The topological polar surface area (TPSA) is 67.2 Å². The Labute approximate surface area is 128 Å². The number of nitro groups is 1. The molecule has 0 radical (unpaired) electrons. The second kappa shape index (κ2) is 6.45. The monoisotopic (exact) mass is 305 g/mol. The molecule has 0 aliphatic carbocycles. The standard InChI is InChI=1S/C15H16ClN3O2/c1-10(11-6-8-12(16)9-7-11)18-14-5-3-4-13(17-2)15(14)19(20)21/h3-10,17-18H,1-2H3. The summed E-state index contributed by atoms with van der Waals surface area (Å²) >= 11 is 5.86. The first-order chi connectivity index (χ1) is 10.0. The molecular formula is C15H16ClN3O2. The number of nitrogens with one attached hydrogen (secondary N) is 2. The summed E-state index contributed by atoms with van der Waals surface area (Å²) in [6.07, 6.45) is 0.